The molecule has 3 heterocycles. The summed E-state index contributed by atoms with van der Waals surface area (Å²) in [7, 11) is 0. The number of anilines is 1. The molecule has 1 aliphatic rings. The van der Waals surface area contributed by atoms with Gasteiger partial charge in [0.15, 0.2) is 5.82 Å². The van der Waals surface area contributed by atoms with E-state index in [1.807, 2.05) is 16.9 Å². The van der Waals surface area contributed by atoms with Crippen LogP contribution < -0.4 is 4.90 Å². The van der Waals surface area contributed by atoms with Crippen LogP contribution in [0.15, 0.2) is 18.5 Å². The monoisotopic (exact) mass is 338 g/mol. The van der Waals surface area contributed by atoms with Crippen LogP contribution in [-0.4, -0.2) is 45.7 Å². The molecule has 0 spiro atoms. The largest absolute Gasteiger partial charge is 0.374 e. The number of aromatic nitrogens is 3. The molecule has 1 unspecified atom stereocenters. The highest BCUT2D eigenvalue weighted by molar-refractivity contribution is 9.09. The number of fused-ring (bicyclic) bond motifs is 1. The van der Waals surface area contributed by atoms with Crippen LogP contribution in [0.25, 0.3) is 5.52 Å². The van der Waals surface area contributed by atoms with Gasteiger partial charge in [0.05, 0.1) is 18.4 Å². The Morgan fingerprint density at radius 3 is 3.10 bits per heavy atom. The molecule has 1 fully saturated rings. The quantitative estimate of drug-likeness (QED) is 0.806. The molecular formula is C14H19BrN4O. The molecule has 0 bridgehead atoms. The summed E-state index contributed by atoms with van der Waals surface area (Å²) in [6.07, 6.45) is 3.95. The normalized spacial score (nSPS) is 20.0. The molecule has 0 saturated carbocycles. The molecular weight excluding hydrogens is 320 g/mol. The van der Waals surface area contributed by atoms with Gasteiger partial charge < -0.3 is 9.64 Å². The van der Waals surface area contributed by atoms with E-state index in [2.05, 4.69) is 50.8 Å². The van der Waals surface area contributed by atoms with Crippen LogP contribution in [0, 0.1) is 0 Å². The lowest BCUT2D eigenvalue weighted by Gasteiger charge is -2.33. The van der Waals surface area contributed by atoms with Crippen LogP contribution in [0.5, 0.6) is 0 Å². The first-order valence-electron chi connectivity index (χ1n) is 6.96. The van der Waals surface area contributed by atoms with Crippen LogP contribution in [-0.2, 0) is 4.74 Å². The summed E-state index contributed by atoms with van der Waals surface area (Å²) in [6, 6.07) is 2.14. The smallest absolute Gasteiger partial charge is 0.154 e. The highest BCUT2D eigenvalue weighted by atomic mass is 79.9. The van der Waals surface area contributed by atoms with Crippen LogP contribution in [0.2, 0.25) is 0 Å². The van der Waals surface area contributed by atoms with E-state index in [0.717, 1.165) is 42.1 Å². The first-order chi connectivity index (χ1) is 9.69. The van der Waals surface area contributed by atoms with E-state index in [0.29, 0.717) is 5.92 Å². The van der Waals surface area contributed by atoms with E-state index < -0.39 is 0 Å². The molecule has 3 rings (SSSR count). The van der Waals surface area contributed by atoms with E-state index in [4.69, 9.17) is 4.74 Å². The number of rotatable bonds is 3. The lowest BCUT2D eigenvalue weighted by Crippen LogP contribution is -2.43. The van der Waals surface area contributed by atoms with Gasteiger partial charge >= 0.3 is 0 Å². The van der Waals surface area contributed by atoms with E-state index in [1.165, 1.54) is 0 Å². The first-order valence-corrected chi connectivity index (χ1v) is 8.08. The predicted molar refractivity (Wildman–Crippen MR) is 82.8 cm³/mol. The molecule has 0 radical (unpaired) electrons. The maximum absolute atomic E-state index is 5.70. The molecule has 5 nitrogen and oxygen atoms in total. The van der Waals surface area contributed by atoms with Crippen LogP contribution in [0.4, 0.5) is 5.82 Å². The molecule has 0 N–H and O–H groups in total. The molecule has 1 atom stereocenters. The van der Waals surface area contributed by atoms with Gasteiger partial charge in [0.2, 0.25) is 0 Å². The lowest BCUT2D eigenvalue weighted by atomic mass is 10.1. The molecule has 20 heavy (non-hydrogen) atoms. The second kappa shape index (κ2) is 5.69. The molecule has 0 amide bonds. The maximum atomic E-state index is 5.70. The van der Waals surface area contributed by atoms with E-state index in [9.17, 15) is 0 Å². The maximum Gasteiger partial charge on any atom is 0.154 e. The van der Waals surface area contributed by atoms with Gasteiger partial charge in [0.1, 0.15) is 5.52 Å². The van der Waals surface area contributed by atoms with Gasteiger partial charge in [-0.2, -0.15) is 5.10 Å². The van der Waals surface area contributed by atoms with Gasteiger partial charge in [0.25, 0.3) is 0 Å². The van der Waals surface area contributed by atoms with E-state index in [-0.39, 0.29) is 6.10 Å². The van der Waals surface area contributed by atoms with Gasteiger partial charge in [-0.05, 0) is 12.0 Å². The number of halogens is 1. The summed E-state index contributed by atoms with van der Waals surface area (Å²) in [5, 5.41) is 5.47. The van der Waals surface area contributed by atoms with Crippen molar-refractivity contribution < 1.29 is 4.74 Å². The third-order valence-corrected chi connectivity index (χ3v) is 4.31. The Hall–Kier alpha value is -1.14. The Bertz CT molecular complexity index is 598. The number of ether oxygens (including phenoxy) is 1. The van der Waals surface area contributed by atoms with Crippen molar-refractivity contribution in [2.45, 2.75) is 25.9 Å². The topological polar surface area (TPSA) is 42.7 Å². The summed E-state index contributed by atoms with van der Waals surface area (Å²) in [5.41, 5.74) is 2.18. The zero-order valence-electron chi connectivity index (χ0n) is 11.8. The fourth-order valence-corrected chi connectivity index (χ4v) is 2.85. The predicted octanol–water partition coefficient (Wildman–Crippen LogP) is 2.45. The fourth-order valence-electron chi connectivity index (χ4n) is 2.46. The van der Waals surface area contributed by atoms with Gasteiger partial charge in [-0.1, -0.05) is 29.8 Å². The van der Waals surface area contributed by atoms with Crippen molar-refractivity contribution in [2.75, 3.05) is 29.9 Å². The Morgan fingerprint density at radius 1 is 1.50 bits per heavy atom. The average molecular weight is 339 g/mol. The number of hydrogen-bond donors (Lipinski definition) is 0. The second-order valence-corrected chi connectivity index (χ2v) is 6.05. The third kappa shape index (κ3) is 2.54. The highest BCUT2D eigenvalue weighted by Crippen LogP contribution is 2.24. The summed E-state index contributed by atoms with van der Waals surface area (Å²) in [4.78, 5) is 6.85. The van der Waals surface area contributed by atoms with Crippen molar-refractivity contribution in [1.82, 2.24) is 14.6 Å². The third-order valence-electron chi connectivity index (χ3n) is 3.59. The van der Waals surface area contributed by atoms with Gasteiger partial charge in [-0.25, -0.2) is 9.50 Å². The molecule has 0 aliphatic carbocycles. The van der Waals surface area contributed by atoms with Crippen molar-refractivity contribution in [3.63, 3.8) is 0 Å². The van der Waals surface area contributed by atoms with Crippen molar-refractivity contribution in [1.29, 1.82) is 0 Å². The van der Waals surface area contributed by atoms with Crippen molar-refractivity contribution in [2.24, 2.45) is 0 Å². The molecule has 6 heteroatoms. The highest BCUT2D eigenvalue weighted by Gasteiger charge is 2.23. The summed E-state index contributed by atoms with van der Waals surface area (Å²) >= 11 is 3.49. The summed E-state index contributed by atoms with van der Waals surface area (Å²) < 4.78 is 7.62. The molecule has 0 aromatic carbocycles. The molecule has 108 valence electrons. The Balaban J connectivity index is 1.98. The minimum Gasteiger partial charge on any atom is -0.374 e. The average Bonchev–Trinajstić information content (AvgIpc) is 2.91. The molecule has 1 aliphatic heterocycles. The van der Waals surface area contributed by atoms with Crippen molar-refractivity contribution >= 4 is 27.3 Å². The van der Waals surface area contributed by atoms with E-state index >= 15 is 0 Å². The minimum atomic E-state index is 0.221. The second-order valence-electron chi connectivity index (χ2n) is 5.40. The van der Waals surface area contributed by atoms with Crippen LogP contribution >= 0.6 is 15.9 Å². The first kappa shape index (κ1) is 13.8. The minimum absolute atomic E-state index is 0.221. The summed E-state index contributed by atoms with van der Waals surface area (Å²) in [5.74, 6) is 1.42. The molecule has 2 aromatic rings. The van der Waals surface area contributed by atoms with Crippen molar-refractivity contribution in [3.8, 4) is 0 Å². The van der Waals surface area contributed by atoms with Crippen molar-refractivity contribution in [3.05, 3.63) is 24.2 Å². The van der Waals surface area contributed by atoms with Crippen LogP contribution in [0.1, 0.15) is 25.5 Å². The Labute approximate surface area is 127 Å². The number of nitrogens with zero attached hydrogens (tertiary/aromatic N) is 4. The Morgan fingerprint density at radius 2 is 2.35 bits per heavy atom. The van der Waals surface area contributed by atoms with Gasteiger partial charge in [-0.15, -0.1) is 0 Å². The zero-order valence-corrected chi connectivity index (χ0v) is 13.4. The fraction of sp³-hybridized carbons (Fsp3) is 0.571. The van der Waals surface area contributed by atoms with Gasteiger partial charge in [0, 0.05) is 30.8 Å². The van der Waals surface area contributed by atoms with Gasteiger partial charge in [-0.3, -0.25) is 0 Å². The number of morpholine rings is 1. The standard InChI is InChI=1S/C14H19BrN4O/c1-10(2)12-7-13-14(16-3-4-19(13)17-12)18-5-6-20-11(8-15)9-18/h3-4,7,10-11H,5-6,8-9H2,1-2H3. The zero-order chi connectivity index (χ0) is 14.1. The number of alkyl halides is 1. The molecule has 2 aromatic heterocycles. The SMILES string of the molecule is CC(C)c1cc2c(N3CCOC(CBr)C3)nccn2n1. The lowest BCUT2D eigenvalue weighted by molar-refractivity contribution is 0.0569. The van der Waals surface area contributed by atoms with Crippen LogP contribution in [0.3, 0.4) is 0 Å². The number of hydrogen-bond acceptors (Lipinski definition) is 4. The van der Waals surface area contributed by atoms with E-state index in [1.54, 1.807) is 0 Å². The molecule has 1 saturated heterocycles. The Kier molecular flexibility index (Phi) is 3.94. The summed E-state index contributed by atoms with van der Waals surface area (Å²) in [6.45, 7) is 6.79.